The van der Waals surface area contributed by atoms with E-state index in [1.165, 1.54) is 6.07 Å². The standard InChI is InChI=1S/C11H10N2O4S/c14-7-4-2-1-3-6(7)12-9(15)5-8-10(16)13-11(17)18-8/h1-4,8,14H,5H2,(H,12,15)(H,13,16,17). The molecule has 18 heavy (non-hydrogen) atoms. The monoisotopic (exact) mass is 266 g/mol. The SMILES string of the molecule is O=C(CC1SC(=O)NC1=O)Nc1ccccc1O. The number of phenols is 1. The van der Waals surface area contributed by atoms with E-state index in [4.69, 9.17) is 0 Å². The maximum atomic E-state index is 11.6. The van der Waals surface area contributed by atoms with E-state index in [0.29, 0.717) is 0 Å². The Labute approximate surface area is 107 Å². The van der Waals surface area contributed by atoms with Crippen molar-refractivity contribution in [1.82, 2.24) is 5.32 Å². The van der Waals surface area contributed by atoms with Crippen LogP contribution in [0.3, 0.4) is 0 Å². The Morgan fingerprint density at radius 2 is 2.11 bits per heavy atom. The van der Waals surface area contributed by atoms with E-state index in [1.807, 2.05) is 0 Å². The Morgan fingerprint density at radius 1 is 1.39 bits per heavy atom. The molecule has 3 N–H and O–H groups in total. The van der Waals surface area contributed by atoms with Crippen molar-refractivity contribution in [2.45, 2.75) is 11.7 Å². The summed E-state index contributed by atoms with van der Waals surface area (Å²) in [5.41, 5.74) is 0.275. The predicted molar refractivity (Wildman–Crippen MR) is 66.3 cm³/mol. The van der Waals surface area contributed by atoms with Gasteiger partial charge < -0.3 is 10.4 Å². The maximum Gasteiger partial charge on any atom is 0.286 e. The van der Waals surface area contributed by atoms with Gasteiger partial charge in [0.15, 0.2) is 0 Å². The molecule has 94 valence electrons. The van der Waals surface area contributed by atoms with Gasteiger partial charge in [-0.25, -0.2) is 0 Å². The van der Waals surface area contributed by atoms with Crippen molar-refractivity contribution in [2.75, 3.05) is 5.32 Å². The van der Waals surface area contributed by atoms with E-state index in [1.54, 1.807) is 18.2 Å². The van der Waals surface area contributed by atoms with E-state index < -0.39 is 22.3 Å². The second kappa shape index (κ2) is 5.09. The van der Waals surface area contributed by atoms with Crippen LogP contribution in [0.2, 0.25) is 0 Å². The summed E-state index contributed by atoms with van der Waals surface area (Å²) in [6.07, 6.45) is -0.115. The molecule has 1 aromatic carbocycles. The molecular formula is C11H10N2O4S. The molecule has 1 heterocycles. The van der Waals surface area contributed by atoms with Gasteiger partial charge >= 0.3 is 0 Å². The van der Waals surface area contributed by atoms with Crippen LogP contribution in [0, 0.1) is 0 Å². The highest BCUT2D eigenvalue weighted by Crippen LogP contribution is 2.25. The zero-order valence-corrected chi connectivity index (χ0v) is 9.99. The number of imide groups is 1. The van der Waals surface area contributed by atoms with Crippen molar-refractivity contribution in [3.05, 3.63) is 24.3 Å². The molecule has 6 nitrogen and oxygen atoms in total. The van der Waals surface area contributed by atoms with Gasteiger partial charge in [0, 0.05) is 6.42 Å². The van der Waals surface area contributed by atoms with E-state index in [-0.39, 0.29) is 17.9 Å². The van der Waals surface area contributed by atoms with Gasteiger partial charge in [-0.15, -0.1) is 0 Å². The van der Waals surface area contributed by atoms with Crippen molar-refractivity contribution in [1.29, 1.82) is 0 Å². The minimum Gasteiger partial charge on any atom is -0.506 e. The highest BCUT2D eigenvalue weighted by molar-refractivity contribution is 8.15. The topological polar surface area (TPSA) is 95.5 Å². The number of rotatable bonds is 3. The number of thioether (sulfide) groups is 1. The van der Waals surface area contributed by atoms with Gasteiger partial charge in [0.25, 0.3) is 5.24 Å². The summed E-state index contributed by atoms with van der Waals surface area (Å²) >= 11 is 0.794. The normalized spacial score (nSPS) is 18.6. The highest BCUT2D eigenvalue weighted by atomic mass is 32.2. The van der Waals surface area contributed by atoms with Crippen molar-refractivity contribution in [3.8, 4) is 5.75 Å². The van der Waals surface area contributed by atoms with Gasteiger partial charge in [0.1, 0.15) is 11.0 Å². The molecule has 1 aliphatic rings. The van der Waals surface area contributed by atoms with E-state index in [0.717, 1.165) is 11.8 Å². The molecule has 7 heteroatoms. The summed E-state index contributed by atoms with van der Waals surface area (Å²) in [4.78, 5) is 33.8. The van der Waals surface area contributed by atoms with Gasteiger partial charge in [-0.2, -0.15) is 0 Å². The van der Waals surface area contributed by atoms with Crippen LogP contribution >= 0.6 is 11.8 Å². The molecule has 0 saturated carbocycles. The van der Waals surface area contributed by atoms with Crippen LogP contribution in [0.25, 0.3) is 0 Å². The molecule has 1 aromatic rings. The Hall–Kier alpha value is -2.02. The number of benzene rings is 1. The first-order chi connectivity index (χ1) is 8.56. The molecule has 0 aromatic heterocycles. The minimum atomic E-state index is -0.705. The van der Waals surface area contributed by atoms with E-state index in [9.17, 15) is 19.5 Å². The van der Waals surface area contributed by atoms with Gasteiger partial charge in [0.05, 0.1) is 5.69 Å². The molecule has 1 atom stereocenters. The number of carbonyl (C=O) groups excluding carboxylic acids is 3. The van der Waals surface area contributed by atoms with Crippen LogP contribution < -0.4 is 10.6 Å². The fraction of sp³-hybridized carbons (Fsp3) is 0.182. The average Bonchev–Trinajstić information content (AvgIpc) is 2.61. The largest absolute Gasteiger partial charge is 0.506 e. The Bertz CT molecular complexity index is 518. The number of phenolic OH excluding ortho intramolecular Hbond substituents is 1. The summed E-state index contributed by atoms with van der Waals surface area (Å²) in [6, 6.07) is 6.27. The van der Waals surface area contributed by atoms with Crippen molar-refractivity contribution in [3.63, 3.8) is 0 Å². The number of para-hydroxylation sites is 2. The summed E-state index contributed by atoms with van der Waals surface area (Å²) < 4.78 is 0. The first-order valence-electron chi connectivity index (χ1n) is 5.15. The van der Waals surface area contributed by atoms with Crippen LogP contribution in [0.4, 0.5) is 10.5 Å². The van der Waals surface area contributed by atoms with E-state index in [2.05, 4.69) is 10.6 Å². The van der Waals surface area contributed by atoms with Gasteiger partial charge in [-0.05, 0) is 12.1 Å². The summed E-state index contributed by atoms with van der Waals surface area (Å²) in [7, 11) is 0. The van der Waals surface area contributed by atoms with Crippen molar-refractivity contribution < 1.29 is 19.5 Å². The lowest BCUT2D eigenvalue weighted by Crippen LogP contribution is -2.27. The molecule has 2 rings (SSSR count). The Balaban J connectivity index is 1.95. The van der Waals surface area contributed by atoms with Crippen LogP contribution in [-0.2, 0) is 9.59 Å². The van der Waals surface area contributed by atoms with E-state index >= 15 is 0 Å². The Morgan fingerprint density at radius 3 is 2.72 bits per heavy atom. The molecule has 1 unspecified atom stereocenters. The lowest BCUT2D eigenvalue weighted by molar-refractivity contribution is -0.122. The number of aromatic hydroxyl groups is 1. The molecular weight excluding hydrogens is 256 g/mol. The summed E-state index contributed by atoms with van der Waals surface area (Å²) in [6.45, 7) is 0. The number of anilines is 1. The minimum absolute atomic E-state index is 0.0505. The molecule has 0 bridgehead atoms. The second-order valence-corrected chi connectivity index (χ2v) is 4.83. The van der Waals surface area contributed by atoms with Crippen LogP contribution in [-0.4, -0.2) is 27.4 Å². The fourth-order valence-electron chi connectivity index (χ4n) is 1.48. The zero-order chi connectivity index (χ0) is 13.1. The molecule has 1 aliphatic heterocycles. The van der Waals surface area contributed by atoms with Crippen LogP contribution in [0.5, 0.6) is 5.75 Å². The number of amides is 3. The second-order valence-electron chi connectivity index (χ2n) is 3.65. The lowest BCUT2D eigenvalue weighted by atomic mass is 10.2. The van der Waals surface area contributed by atoms with Crippen molar-refractivity contribution >= 4 is 34.5 Å². The number of carbonyl (C=O) groups is 3. The first-order valence-corrected chi connectivity index (χ1v) is 6.03. The van der Waals surface area contributed by atoms with Gasteiger partial charge in [-0.1, -0.05) is 23.9 Å². The quantitative estimate of drug-likeness (QED) is 0.711. The smallest absolute Gasteiger partial charge is 0.286 e. The van der Waals surface area contributed by atoms with Crippen molar-refractivity contribution in [2.24, 2.45) is 0 Å². The predicted octanol–water partition coefficient (Wildman–Crippen LogP) is 1.07. The molecule has 0 radical (unpaired) electrons. The third-order valence-electron chi connectivity index (χ3n) is 2.32. The van der Waals surface area contributed by atoms with Crippen LogP contribution in [0.1, 0.15) is 6.42 Å². The molecule has 1 fully saturated rings. The number of hydrogen-bond acceptors (Lipinski definition) is 5. The van der Waals surface area contributed by atoms with Gasteiger partial charge in [0.2, 0.25) is 11.8 Å². The maximum absolute atomic E-state index is 11.6. The third-order valence-corrected chi connectivity index (χ3v) is 3.30. The molecule has 1 saturated heterocycles. The molecule has 3 amide bonds. The molecule has 0 spiro atoms. The van der Waals surface area contributed by atoms with Gasteiger partial charge in [-0.3, -0.25) is 19.7 Å². The summed E-state index contributed by atoms with van der Waals surface area (Å²) in [5, 5.41) is 12.9. The first kappa shape index (κ1) is 12.4. The third kappa shape index (κ3) is 2.80. The Kier molecular flexibility index (Phi) is 3.52. The molecule has 0 aliphatic carbocycles. The summed E-state index contributed by atoms with van der Waals surface area (Å²) in [5.74, 6) is -0.943. The fourth-order valence-corrected chi connectivity index (χ4v) is 2.30. The zero-order valence-electron chi connectivity index (χ0n) is 9.17. The average molecular weight is 266 g/mol. The van der Waals surface area contributed by atoms with Crippen LogP contribution in [0.15, 0.2) is 24.3 Å². The number of hydrogen-bond donors (Lipinski definition) is 3. The highest BCUT2D eigenvalue weighted by Gasteiger charge is 2.33. The lowest BCUT2D eigenvalue weighted by Gasteiger charge is -2.08. The number of nitrogens with one attached hydrogen (secondary N) is 2.